The molecule has 4 nitrogen and oxygen atoms in total. The molecular formula is C13H14F2N4S. The fourth-order valence-electron chi connectivity index (χ4n) is 1.50. The zero-order valence-corrected chi connectivity index (χ0v) is 11.8. The van der Waals surface area contributed by atoms with Gasteiger partial charge >= 0.3 is 0 Å². The summed E-state index contributed by atoms with van der Waals surface area (Å²) in [6.07, 6.45) is 0. The molecule has 106 valence electrons. The summed E-state index contributed by atoms with van der Waals surface area (Å²) in [5.74, 6) is 5.47. The molecule has 0 spiro atoms. The van der Waals surface area contributed by atoms with Crippen LogP contribution in [0, 0.1) is 11.6 Å². The molecule has 0 saturated heterocycles. The predicted octanol–water partition coefficient (Wildman–Crippen LogP) is 3.32. The van der Waals surface area contributed by atoms with Crippen molar-refractivity contribution in [1.82, 2.24) is 9.97 Å². The van der Waals surface area contributed by atoms with E-state index in [-0.39, 0.29) is 10.8 Å². The second kappa shape index (κ2) is 6.15. The van der Waals surface area contributed by atoms with Gasteiger partial charge in [0.05, 0.1) is 4.90 Å². The number of hydrogen-bond donors (Lipinski definition) is 2. The number of hydrogen-bond acceptors (Lipinski definition) is 5. The number of benzene rings is 1. The molecule has 3 N–H and O–H groups in total. The molecule has 0 amide bonds. The minimum atomic E-state index is -0.497. The van der Waals surface area contributed by atoms with Crippen molar-refractivity contribution in [1.29, 1.82) is 0 Å². The van der Waals surface area contributed by atoms with E-state index < -0.39 is 11.6 Å². The highest BCUT2D eigenvalue weighted by Crippen LogP contribution is 2.30. The second-order valence-electron chi connectivity index (χ2n) is 4.43. The number of nitrogens with one attached hydrogen (secondary N) is 1. The minimum absolute atomic E-state index is 0.0972. The van der Waals surface area contributed by atoms with Crippen molar-refractivity contribution in [2.75, 3.05) is 5.43 Å². The molecule has 1 aromatic heterocycles. The molecule has 2 rings (SSSR count). The zero-order chi connectivity index (χ0) is 14.7. The van der Waals surface area contributed by atoms with Crippen molar-refractivity contribution < 1.29 is 8.78 Å². The number of halogens is 2. The molecule has 0 radical (unpaired) electrons. The summed E-state index contributed by atoms with van der Waals surface area (Å²) >= 11 is 1.03. The average molecular weight is 296 g/mol. The Morgan fingerprint density at radius 1 is 1.20 bits per heavy atom. The highest BCUT2D eigenvalue weighted by molar-refractivity contribution is 7.99. The number of nitrogen functional groups attached to an aromatic ring is 1. The van der Waals surface area contributed by atoms with Crippen molar-refractivity contribution in [3.8, 4) is 0 Å². The van der Waals surface area contributed by atoms with E-state index in [1.54, 1.807) is 6.07 Å². The number of nitrogens with zero attached hydrogens (tertiary/aromatic N) is 2. The fourth-order valence-corrected chi connectivity index (χ4v) is 2.37. The van der Waals surface area contributed by atoms with Crippen LogP contribution < -0.4 is 11.3 Å². The van der Waals surface area contributed by atoms with E-state index >= 15 is 0 Å². The Hall–Kier alpha value is -1.73. The van der Waals surface area contributed by atoms with Gasteiger partial charge in [0.25, 0.3) is 0 Å². The maximum Gasteiger partial charge on any atom is 0.144 e. The summed E-state index contributed by atoms with van der Waals surface area (Å²) in [6.45, 7) is 3.87. The Morgan fingerprint density at radius 2 is 1.95 bits per heavy atom. The highest BCUT2D eigenvalue weighted by Gasteiger charge is 2.11. The van der Waals surface area contributed by atoms with E-state index in [1.165, 1.54) is 0 Å². The van der Waals surface area contributed by atoms with Crippen LogP contribution in [0.4, 0.5) is 14.6 Å². The third-order valence-corrected chi connectivity index (χ3v) is 3.44. The standard InChI is InChI=1S/C13H14F2N4S/c1-7(2)13-17-11(19-16)6-12(18-13)20-10-5-8(14)3-4-9(10)15/h3-7H,16H2,1-2H3,(H,17,18,19). The Labute approximate surface area is 119 Å². The average Bonchev–Trinajstić information content (AvgIpc) is 2.42. The van der Waals surface area contributed by atoms with Crippen LogP contribution in [0.1, 0.15) is 25.6 Å². The topological polar surface area (TPSA) is 63.8 Å². The van der Waals surface area contributed by atoms with Crippen LogP contribution in [0.3, 0.4) is 0 Å². The summed E-state index contributed by atoms with van der Waals surface area (Å²) in [5, 5.41) is 0.501. The quantitative estimate of drug-likeness (QED) is 0.515. The summed E-state index contributed by atoms with van der Waals surface area (Å²) in [4.78, 5) is 8.69. The van der Waals surface area contributed by atoms with Crippen LogP contribution in [-0.2, 0) is 0 Å². The Bertz CT molecular complexity index is 619. The molecule has 0 saturated carbocycles. The summed E-state index contributed by atoms with van der Waals surface area (Å²) in [6, 6.07) is 4.88. The predicted molar refractivity (Wildman–Crippen MR) is 74.4 cm³/mol. The largest absolute Gasteiger partial charge is 0.308 e. The van der Waals surface area contributed by atoms with Crippen molar-refractivity contribution >= 4 is 17.6 Å². The third kappa shape index (κ3) is 3.43. The van der Waals surface area contributed by atoms with Gasteiger partial charge in [-0.15, -0.1) is 0 Å². The van der Waals surface area contributed by atoms with Gasteiger partial charge in [0.1, 0.15) is 28.3 Å². The van der Waals surface area contributed by atoms with Gasteiger partial charge in [0, 0.05) is 12.0 Å². The zero-order valence-electron chi connectivity index (χ0n) is 11.0. The van der Waals surface area contributed by atoms with Gasteiger partial charge in [0.15, 0.2) is 0 Å². The van der Waals surface area contributed by atoms with Gasteiger partial charge in [-0.1, -0.05) is 25.6 Å². The van der Waals surface area contributed by atoms with E-state index in [2.05, 4.69) is 15.4 Å². The normalized spacial score (nSPS) is 10.9. The molecule has 0 aliphatic rings. The van der Waals surface area contributed by atoms with Crippen LogP contribution >= 0.6 is 11.8 Å². The Kier molecular flexibility index (Phi) is 4.51. The number of hydrazine groups is 1. The van der Waals surface area contributed by atoms with Crippen molar-refractivity contribution in [3.63, 3.8) is 0 Å². The first-order valence-electron chi connectivity index (χ1n) is 5.98. The van der Waals surface area contributed by atoms with Gasteiger partial charge in [-0.2, -0.15) is 0 Å². The van der Waals surface area contributed by atoms with E-state index in [0.29, 0.717) is 16.7 Å². The van der Waals surface area contributed by atoms with E-state index in [0.717, 1.165) is 30.0 Å². The third-order valence-electron chi connectivity index (χ3n) is 2.49. The van der Waals surface area contributed by atoms with E-state index in [4.69, 9.17) is 5.84 Å². The summed E-state index contributed by atoms with van der Waals surface area (Å²) in [5.41, 5.74) is 2.44. The van der Waals surface area contributed by atoms with E-state index in [9.17, 15) is 8.78 Å². The molecule has 0 fully saturated rings. The van der Waals surface area contributed by atoms with Crippen LogP contribution in [0.2, 0.25) is 0 Å². The molecule has 0 aliphatic carbocycles. The van der Waals surface area contributed by atoms with E-state index in [1.807, 2.05) is 13.8 Å². The molecule has 20 heavy (non-hydrogen) atoms. The number of anilines is 1. The summed E-state index contributed by atoms with van der Waals surface area (Å²) < 4.78 is 26.8. The van der Waals surface area contributed by atoms with Gasteiger partial charge < -0.3 is 5.43 Å². The first-order chi connectivity index (χ1) is 9.49. The molecule has 0 atom stereocenters. The second-order valence-corrected chi connectivity index (χ2v) is 5.49. The molecule has 1 aromatic carbocycles. The molecule has 1 heterocycles. The maximum atomic E-state index is 13.6. The monoisotopic (exact) mass is 296 g/mol. The van der Waals surface area contributed by atoms with Gasteiger partial charge in [-0.05, 0) is 18.2 Å². The van der Waals surface area contributed by atoms with Crippen LogP contribution in [0.25, 0.3) is 0 Å². The van der Waals surface area contributed by atoms with Gasteiger partial charge in [-0.25, -0.2) is 24.6 Å². The first kappa shape index (κ1) is 14.7. The van der Waals surface area contributed by atoms with Crippen LogP contribution in [-0.4, -0.2) is 9.97 Å². The lowest BCUT2D eigenvalue weighted by Gasteiger charge is -2.09. The first-order valence-corrected chi connectivity index (χ1v) is 6.79. The molecule has 0 aliphatic heterocycles. The lowest BCUT2D eigenvalue weighted by molar-refractivity contribution is 0.577. The summed E-state index contributed by atoms with van der Waals surface area (Å²) in [7, 11) is 0. The van der Waals surface area contributed by atoms with Crippen molar-refractivity contribution in [2.45, 2.75) is 29.7 Å². The fraction of sp³-hybridized carbons (Fsp3) is 0.231. The smallest absolute Gasteiger partial charge is 0.144 e. The number of aromatic nitrogens is 2. The lowest BCUT2D eigenvalue weighted by Crippen LogP contribution is -2.11. The molecule has 7 heteroatoms. The maximum absolute atomic E-state index is 13.6. The van der Waals surface area contributed by atoms with Crippen molar-refractivity contribution in [3.05, 3.63) is 41.7 Å². The van der Waals surface area contributed by atoms with Crippen molar-refractivity contribution in [2.24, 2.45) is 5.84 Å². The molecule has 0 unspecified atom stereocenters. The minimum Gasteiger partial charge on any atom is -0.308 e. The van der Waals surface area contributed by atoms with Crippen LogP contribution in [0.15, 0.2) is 34.2 Å². The van der Waals surface area contributed by atoms with Crippen LogP contribution in [0.5, 0.6) is 0 Å². The lowest BCUT2D eigenvalue weighted by atomic mass is 10.2. The molecular weight excluding hydrogens is 282 g/mol. The highest BCUT2D eigenvalue weighted by atomic mass is 32.2. The Morgan fingerprint density at radius 3 is 2.60 bits per heavy atom. The number of nitrogens with two attached hydrogens (primary N) is 1. The molecule has 0 bridgehead atoms. The molecule has 2 aromatic rings. The van der Waals surface area contributed by atoms with Gasteiger partial charge in [-0.3, -0.25) is 0 Å². The SMILES string of the molecule is CC(C)c1nc(NN)cc(Sc2cc(F)ccc2F)n1. The van der Waals surface area contributed by atoms with Gasteiger partial charge in [0.2, 0.25) is 0 Å². The Balaban J connectivity index is 2.37. The number of rotatable bonds is 4.